The molecule has 0 saturated carbocycles. The summed E-state index contributed by atoms with van der Waals surface area (Å²) in [5, 5.41) is 4.77. The van der Waals surface area contributed by atoms with E-state index in [0.29, 0.717) is 0 Å². The lowest BCUT2D eigenvalue weighted by atomic mass is 9.90. The van der Waals surface area contributed by atoms with Crippen molar-refractivity contribution >= 4 is 55.1 Å². The Kier molecular flexibility index (Phi) is 6.34. The minimum Gasteiger partial charge on any atom is -0.485 e. The molecule has 0 bridgehead atoms. The molecule has 0 N–H and O–H groups in total. The van der Waals surface area contributed by atoms with Gasteiger partial charge in [-0.2, -0.15) is 0 Å². The molecule has 2 aliphatic rings. The Balaban J connectivity index is 0.968. The van der Waals surface area contributed by atoms with Crippen molar-refractivity contribution in [1.82, 2.24) is 4.57 Å². The van der Waals surface area contributed by atoms with Crippen LogP contribution in [0.2, 0.25) is 0 Å². The maximum Gasteiger partial charge on any atom is 0.137 e. The van der Waals surface area contributed by atoms with E-state index in [-0.39, 0.29) is 12.0 Å². The van der Waals surface area contributed by atoms with Crippen LogP contribution in [-0.4, -0.2) is 10.7 Å². The Morgan fingerprint density at radius 2 is 1.13 bits per heavy atom. The third kappa shape index (κ3) is 4.47. The van der Waals surface area contributed by atoms with E-state index in [1.807, 2.05) is 18.2 Å². The molecule has 2 unspecified atom stereocenters. The summed E-state index contributed by atoms with van der Waals surface area (Å²) in [5.74, 6) is 1.16. The first-order valence-corrected chi connectivity index (χ1v) is 17.8. The van der Waals surface area contributed by atoms with Gasteiger partial charge in [-0.15, -0.1) is 0 Å². The van der Waals surface area contributed by atoms with Crippen LogP contribution in [0, 0.1) is 0 Å². The Hall–Kier alpha value is -6.78. The topological polar surface area (TPSA) is 30.5 Å². The summed E-state index contributed by atoms with van der Waals surface area (Å²) in [4.78, 5) is 2.31. The fraction of sp³-hybridized carbons (Fsp3) is 0.0417. The highest BCUT2D eigenvalue weighted by Crippen LogP contribution is 2.44. The maximum absolute atomic E-state index is 6.46. The molecular formula is C48H32N2O2. The monoisotopic (exact) mass is 668 g/mol. The summed E-state index contributed by atoms with van der Waals surface area (Å²) >= 11 is 0. The number of allylic oxidation sites excluding steroid dienone is 1. The fourth-order valence-corrected chi connectivity index (χ4v) is 8.29. The SMILES string of the molecule is C1=CC2c3ccccc3OC2C=C1N(c1ccc(-c2ccc(-n3c4ccccc4c4ccccc43)cc2)cc1)c1ccc2c(c1)oc1ccccc12. The number of rotatable bonds is 5. The Labute approximate surface area is 300 Å². The second kappa shape index (κ2) is 11.4. The second-order valence-electron chi connectivity index (χ2n) is 13.7. The third-order valence-corrected chi connectivity index (χ3v) is 10.7. The van der Waals surface area contributed by atoms with Gasteiger partial charge in [0.05, 0.1) is 11.0 Å². The molecule has 2 aromatic heterocycles. The summed E-state index contributed by atoms with van der Waals surface area (Å²) < 4.78 is 15.2. The van der Waals surface area contributed by atoms with Gasteiger partial charge in [-0.3, -0.25) is 0 Å². The van der Waals surface area contributed by atoms with Crippen molar-refractivity contribution in [3.05, 3.63) is 193 Å². The maximum atomic E-state index is 6.46. The largest absolute Gasteiger partial charge is 0.485 e. The van der Waals surface area contributed by atoms with Crippen LogP contribution in [0.3, 0.4) is 0 Å². The van der Waals surface area contributed by atoms with E-state index in [0.717, 1.165) is 56.0 Å². The molecule has 0 saturated heterocycles. The lowest BCUT2D eigenvalue weighted by Gasteiger charge is -2.30. The van der Waals surface area contributed by atoms with Crippen molar-refractivity contribution in [2.75, 3.05) is 4.90 Å². The van der Waals surface area contributed by atoms with Gasteiger partial charge in [0.2, 0.25) is 0 Å². The fourth-order valence-electron chi connectivity index (χ4n) is 8.29. The molecule has 246 valence electrons. The summed E-state index contributed by atoms with van der Waals surface area (Å²) in [7, 11) is 0. The predicted octanol–water partition coefficient (Wildman–Crippen LogP) is 12.5. The molecule has 0 amide bonds. The van der Waals surface area contributed by atoms with Gasteiger partial charge in [-0.05, 0) is 83.9 Å². The molecule has 2 atom stereocenters. The van der Waals surface area contributed by atoms with Crippen LogP contribution in [0.5, 0.6) is 5.75 Å². The lowest BCUT2D eigenvalue weighted by Crippen LogP contribution is -2.24. The van der Waals surface area contributed by atoms with Gasteiger partial charge in [0.15, 0.2) is 0 Å². The van der Waals surface area contributed by atoms with Crippen LogP contribution in [0.4, 0.5) is 11.4 Å². The van der Waals surface area contributed by atoms with Crippen LogP contribution in [0.25, 0.3) is 60.6 Å². The van der Waals surface area contributed by atoms with E-state index >= 15 is 0 Å². The van der Waals surface area contributed by atoms with E-state index in [2.05, 4.69) is 173 Å². The number of ether oxygens (including phenoxy) is 1. The molecule has 0 spiro atoms. The van der Waals surface area contributed by atoms with Gasteiger partial charge < -0.3 is 18.6 Å². The normalized spacial score (nSPS) is 16.3. The molecule has 4 nitrogen and oxygen atoms in total. The first-order chi connectivity index (χ1) is 25.8. The van der Waals surface area contributed by atoms with Crippen molar-refractivity contribution < 1.29 is 9.15 Å². The number of hydrogen-bond acceptors (Lipinski definition) is 3. The molecule has 4 heteroatoms. The molecule has 1 aliphatic heterocycles. The summed E-state index contributed by atoms with van der Waals surface area (Å²) in [6.07, 6.45) is 6.71. The smallest absolute Gasteiger partial charge is 0.137 e. The van der Waals surface area contributed by atoms with Crippen molar-refractivity contribution in [3.8, 4) is 22.6 Å². The summed E-state index contributed by atoms with van der Waals surface area (Å²) in [6.45, 7) is 0. The average Bonchev–Trinajstić information content (AvgIpc) is 3.87. The molecular weight excluding hydrogens is 637 g/mol. The number of para-hydroxylation sites is 4. The van der Waals surface area contributed by atoms with Crippen LogP contribution < -0.4 is 9.64 Å². The summed E-state index contributed by atoms with van der Waals surface area (Å²) in [6, 6.07) is 58.2. The van der Waals surface area contributed by atoms with Crippen molar-refractivity contribution in [2.45, 2.75) is 12.0 Å². The summed E-state index contributed by atoms with van der Waals surface area (Å²) in [5.41, 5.74) is 12.1. The number of nitrogens with zero attached hydrogens (tertiary/aromatic N) is 2. The van der Waals surface area contributed by atoms with Crippen LogP contribution in [-0.2, 0) is 0 Å². The molecule has 0 radical (unpaired) electrons. The zero-order valence-electron chi connectivity index (χ0n) is 28.2. The van der Waals surface area contributed by atoms with Gasteiger partial charge in [0.1, 0.15) is 23.0 Å². The number of furan rings is 1. The minimum absolute atomic E-state index is 0.0674. The van der Waals surface area contributed by atoms with Gasteiger partial charge >= 0.3 is 0 Å². The van der Waals surface area contributed by atoms with E-state index in [1.54, 1.807) is 0 Å². The first-order valence-electron chi connectivity index (χ1n) is 17.8. The van der Waals surface area contributed by atoms with Crippen LogP contribution in [0.1, 0.15) is 11.5 Å². The van der Waals surface area contributed by atoms with Gasteiger partial charge in [0, 0.05) is 61.9 Å². The molecule has 3 heterocycles. The van der Waals surface area contributed by atoms with E-state index in [1.165, 1.54) is 32.9 Å². The number of hydrogen-bond donors (Lipinski definition) is 0. The van der Waals surface area contributed by atoms with E-state index in [4.69, 9.17) is 9.15 Å². The Morgan fingerprint density at radius 1 is 0.519 bits per heavy atom. The standard InChI is InChI=1S/C48H32N2O2/c1-5-13-43-37(9-1)38-10-2-6-14-44(38)50(43)34-23-19-32(20-24-34)31-17-21-33(22-18-31)49(35-25-27-41-39-11-3-7-15-45(39)51-47(41)29-35)36-26-28-42-40-12-4-8-16-46(40)52-48(42)30-36/h1-30,41,47H. The minimum atomic E-state index is -0.0674. The predicted molar refractivity (Wildman–Crippen MR) is 213 cm³/mol. The van der Waals surface area contributed by atoms with Crippen LogP contribution >= 0.6 is 0 Å². The van der Waals surface area contributed by atoms with Gasteiger partial charge in [-0.1, -0.05) is 103 Å². The third-order valence-electron chi connectivity index (χ3n) is 10.7. The molecule has 11 rings (SSSR count). The quantitative estimate of drug-likeness (QED) is 0.183. The molecule has 7 aromatic carbocycles. The van der Waals surface area contributed by atoms with E-state index < -0.39 is 0 Å². The highest BCUT2D eigenvalue weighted by atomic mass is 16.5. The first kappa shape index (κ1) is 29.0. The highest BCUT2D eigenvalue weighted by molar-refractivity contribution is 6.09. The zero-order valence-corrected chi connectivity index (χ0v) is 28.2. The number of benzene rings is 7. The van der Waals surface area contributed by atoms with Crippen molar-refractivity contribution in [3.63, 3.8) is 0 Å². The second-order valence-corrected chi connectivity index (χ2v) is 13.7. The van der Waals surface area contributed by atoms with Gasteiger partial charge in [0.25, 0.3) is 0 Å². The molecule has 52 heavy (non-hydrogen) atoms. The molecule has 9 aromatic rings. The molecule has 1 aliphatic carbocycles. The lowest BCUT2D eigenvalue weighted by molar-refractivity contribution is 0.267. The number of aromatic nitrogens is 1. The van der Waals surface area contributed by atoms with E-state index in [9.17, 15) is 0 Å². The molecule has 0 fully saturated rings. The highest BCUT2D eigenvalue weighted by Gasteiger charge is 2.34. The van der Waals surface area contributed by atoms with Crippen LogP contribution in [0.15, 0.2) is 192 Å². The Morgan fingerprint density at radius 3 is 1.90 bits per heavy atom. The average molecular weight is 669 g/mol. The number of anilines is 2. The number of fused-ring (bicyclic) bond motifs is 9. The zero-order chi connectivity index (χ0) is 34.2. The van der Waals surface area contributed by atoms with Gasteiger partial charge in [-0.25, -0.2) is 0 Å². The van der Waals surface area contributed by atoms with Crippen molar-refractivity contribution in [2.24, 2.45) is 0 Å². The van der Waals surface area contributed by atoms with Crippen molar-refractivity contribution in [1.29, 1.82) is 0 Å². The Bertz CT molecular complexity index is 2840.